The van der Waals surface area contributed by atoms with E-state index in [-0.39, 0.29) is 30.4 Å². The van der Waals surface area contributed by atoms with E-state index in [1.54, 1.807) is 17.2 Å². The zero-order chi connectivity index (χ0) is 24.3. The molecule has 1 unspecified atom stereocenters. The molecule has 1 aromatic carbocycles. The summed E-state index contributed by atoms with van der Waals surface area (Å²) in [6, 6.07) is 6.45. The van der Waals surface area contributed by atoms with Crippen LogP contribution in [0.4, 0.5) is 10.1 Å². The molecule has 2 aliphatic rings. The van der Waals surface area contributed by atoms with Gasteiger partial charge in [0.1, 0.15) is 5.82 Å². The monoisotopic (exact) mass is 492 g/mol. The molecule has 9 nitrogen and oxygen atoms in total. The largest absolute Gasteiger partial charge is 0.469 e. The van der Waals surface area contributed by atoms with Gasteiger partial charge in [0.05, 0.1) is 30.7 Å². The lowest BCUT2D eigenvalue weighted by molar-refractivity contribution is -0.140. The number of nitrogens with zero attached hydrogens (tertiary/aromatic N) is 4. The number of aromatic nitrogens is 1. The third-order valence-corrected chi connectivity index (χ3v) is 8.37. The van der Waals surface area contributed by atoms with Crippen molar-refractivity contribution in [1.29, 1.82) is 0 Å². The predicted octanol–water partition coefficient (Wildman–Crippen LogP) is 1.63. The molecule has 1 atom stereocenters. The van der Waals surface area contributed by atoms with Crippen LogP contribution in [-0.2, 0) is 24.3 Å². The molecule has 2 aromatic rings. The van der Waals surface area contributed by atoms with Crippen molar-refractivity contribution < 1.29 is 27.1 Å². The number of benzene rings is 1. The number of pyridine rings is 1. The van der Waals surface area contributed by atoms with Crippen molar-refractivity contribution in [3.8, 4) is 0 Å². The van der Waals surface area contributed by atoms with E-state index in [0.717, 1.165) is 11.1 Å². The lowest BCUT2D eigenvalue weighted by atomic mass is 9.97. The molecule has 2 fully saturated rings. The lowest BCUT2D eigenvalue weighted by Crippen LogP contribution is -2.53. The Hall–Kier alpha value is -2.79. The summed E-state index contributed by atoms with van der Waals surface area (Å²) in [5.74, 6) is -1.64. The van der Waals surface area contributed by atoms with Gasteiger partial charge in [-0.25, -0.2) is 17.1 Å². The van der Waals surface area contributed by atoms with Gasteiger partial charge in [-0.3, -0.25) is 14.6 Å². The number of rotatable bonds is 6. The van der Waals surface area contributed by atoms with Crippen molar-refractivity contribution in [3.63, 3.8) is 0 Å². The van der Waals surface area contributed by atoms with Crippen LogP contribution in [0.2, 0.25) is 0 Å². The van der Waals surface area contributed by atoms with Crippen LogP contribution in [0.15, 0.2) is 30.5 Å². The van der Waals surface area contributed by atoms with E-state index in [4.69, 9.17) is 0 Å². The highest BCUT2D eigenvalue weighted by Crippen LogP contribution is 2.28. The molecular weight excluding hydrogens is 463 g/mol. The summed E-state index contributed by atoms with van der Waals surface area (Å²) >= 11 is 0. The van der Waals surface area contributed by atoms with Crippen molar-refractivity contribution in [2.45, 2.75) is 19.3 Å². The van der Waals surface area contributed by atoms with E-state index in [0.29, 0.717) is 51.1 Å². The van der Waals surface area contributed by atoms with Crippen LogP contribution in [0.3, 0.4) is 0 Å². The van der Waals surface area contributed by atoms with Gasteiger partial charge < -0.3 is 14.5 Å². The number of sulfonamides is 1. The molecular formula is C23H29FN4O5S. The number of carbonyl (C=O) groups is 2. The highest BCUT2D eigenvalue weighted by molar-refractivity contribution is 7.89. The molecule has 34 heavy (non-hydrogen) atoms. The summed E-state index contributed by atoms with van der Waals surface area (Å²) in [5.41, 5.74) is 1.55. The average Bonchev–Trinajstić information content (AvgIpc) is 2.86. The minimum atomic E-state index is -3.63. The number of ether oxygens (including phenoxy) is 1. The Kier molecular flexibility index (Phi) is 7.32. The Morgan fingerprint density at radius 3 is 2.65 bits per heavy atom. The molecule has 0 aliphatic carbocycles. The molecule has 1 amide bonds. The summed E-state index contributed by atoms with van der Waals surface area (Å²) in [5, 5.41) is 0.865. The Morgan fingerprint density at radius 1 is 1.15 bits per heavy atom. The van der Waals surface area contributed by atoms with Crippen molar-refractivity contribution in [2.24, 2.45) is 5.92 Å². The molecule has 0 saturated carbocycles. The van der Waals surface area contributed by atoms with Crippen LogP contribution in [0.25, 0.3) is 10.9 Å². The number of hydrogen-bond acceptors (Lipinski definition) is 7. The molecule has 4 rings (SSSR count). The number of esters is 1. The van der Waals surface area contributed by atoms with E-state index >= 15 is 0 Å². The Balaban J connectivity index is 1.37. The molecule has 184 valence electrons. The third kappa shape index (κ3) is 5.30. The minimum Gasteiger partial charge on any atom is -0.469 e. The van der Waals surface area contributed by atoms with Gasteiger partial charge in [-0.05, 0) is 31.0 Å². The molecule has 0 N–H and O–H groups in total. The van der Waals surface area contributed by atoms with Crippen LogP contribution < -0.4 is 4.90 Å². The van der Waals surface area contributed by atoms with Crippen molar-refractivity contribution in [2.75, 3.05) is 57.0 Å². The number of carbonyl (C=O) groups excluding carboxylic acids is 2. The summed E-state index contributed by atoms with van der Waals surface area (Å²) < 4.78 is 44.7. The second-order valence-electron chi connectivity index (χ2n) is 8.64. The molecule has 2 aliphatic heterocycles. The SMILES string of the molecule is COC(=O)CCS(=O)(=O)N1CCCC(C(=O)N2CCN(c3ccnc4cc(F)ccc34)CC2)C1. The first-order chi connectivity index (χ1) is 16.3. The van der Waals surface area contributed by atoms with Gasteiger partial charge >= 0.3 is 5.97 Å². The van der Waals surface area contributed by atoms with Crippen LogP contribution in [0, 0.1) is 11.7 Å². The fraction of sp³-hybridized carbons (Fsp3) is 0.522. The van der Waals surface area contributed by atoms with E-state index in [2.05, 4.69) is 14.6 Å². The van der Waals surface area contributed by atoms with E-state index < -0.39 is 21.9 Å². The van der Waals surface area contributed by atoms with E-state index in [1.807, 2.05) is 6.07 Å². The fourth-order valence-electron chi connectivity index (χ4n) is 4.65. The maximum atomic E-state index is 13.6. The fourth-order valence-corrected chi connectivity index (χ4v) is 6.15. The number of fused-ring (bicyclic) bond motifs is 1. The summed E-state index contributed by atoms with van der Waals surface area (Å²) in [6.45, 7) is 2.79. The number of piperidine rings is 1. The smallest absolute Gasteiger partial charge is 0.306 e. The maximum Gasteiger partial charge on any atom is 0.306 e. The molecule has 1 aromatic heterocycles. The van der Waals surface area contributed by atoms with E-state index in [9.17, 15) is 22.4 Å². The van der Waals surface area contributed by atoms with E-state index in [1.165, 1.54) is 23.5 Å². The van der Waals surface area contributed by atoms with Crippen LogP contribution in [-0.4, -0.2) is 86.6 Å². The van der Waals surface area contributed by atoms with Gasteiger partial charge in [-0.15, -0.1) is 0 Å². The zero-order valence-corrected chi connectivity index (χ0v) is 20.0. The Morgan fingerprint density at radius 2 is 1.91 bits per heavy atom. The Labute approximate surface area is 198 Å². The maximum absolute atomic E-state index is 13.6. The van der Waals surface area contributed by atoms with Crippen LogP contribution in [0.5, 0.6) is 0 Å². The van der Waals surface area contributed by atoms with Gasteiger partial charge in [-0.1, -0.05) is 0 Å². The summed E-state index contributed by atoms with van der Waals surface area (Å²) in [6.07, 6.45) is 2.70. The summed E-state index contributed by atoms with van der Waals surface area (Å²) in [4.78, 5) is 32.7. The molecule has 0 bridgehead atoms. The zero-order valence-electron chi connectivity index (χ0n) is 19.2. The van der Waals surface area contributed by atoms with Crippen molar-refractivity contribution >= 4 is 38.5 Å². The van der Waals surface area contributed by atoms with Crippen molar-refractivity contribution in [1.82, 2.24) is 14.2 Å². The normalized spacial score (nSPS) is 19.9. The number of methoxy groups -OCH3 is 1. The Bertz CT molecular complexity index is 1170. The standard InChI is InChI=1S/C23H29FN4O5S/c1-33-22(29)7-14-34(31,32)28-9-2-3-17(16-28)23(30)27-12-10-26(11-13-27)21-6-8-25-20-15-18(24)4-5-19(20)21/h4-6,8,15,17H,2-3,7,9-14,16H2,1H3. The topological polar surface area (TPSA) is 100 Å². The highest BCUT2D eigenvalue weighted by Gasteiger charge is 2.35. The molecule has 3 heterocycles. The van der Waals surface area contributed by atoms with Gasteiger partial charge in [0.2, 0.25) is 15.9 Å². The van der Waals surface area contributed by atoms with Gasteiger partial charge in [-0.2, -0.15) is 0 Å². The minimum absolute atomic E-state index is 0.0332. The second kappa shape index (κ2) is 10.2. The van der Waals surface area contributed by atoms with Crippen molar-refractivity contribution in [3.05, 3.63) is 36.3 Å². The number of amides is 1. The van der Waals surface area contributed by atoms with Gasteiger partial charge in [0.15, 0.2) is 0 Å². The van der Waals surface area contributed by atoms with Crippen LogP contribution in [0.1, 0.15) is 19.3 Å². The van der Waals surface area contributed by atoms with Crippen LogP contribution >= 0.6 is 0 Å². The molecule has 11 heteroatoms. The number of halogens is 1. The third-order valence-electron chi connectivity index (χ3n) is 6.53. The molecule has 0 radical (unpaired) electrons. The quantitative estimate of drug-likeness (QED) is 0.565. The van der Waals surface area contributed by atoms with Gasteiger partial charge in [0.25, 0.3) is 0 Å². The second-order valence-corrected chi connectivity index (χ2v) is 10.7. The summed E-state index contributed by atoms with van der Waals surface area (Å²) in [7, 11) is -2.41. The van der Waals surface area contributed by atoms with Gasteiger partial charge in [0, 0.05) is 62.6 Å². The first kappa shape index (κ1) is 24.3. The highest BCUT2D eigenvalue weighted by atomic mass is 32.2. The molecule has 0 spiro atoms. The molecule has 2 saturated heterocycles. The number of anilines is 1. The average molecular weight is 493 g/mol. The number of hydrogen-bond donors (Lipinski definition) is 0. The first-order valence-electron chi connectivity index (χ1n) is 11.4. The lowest BCUT2D eigenvalue weighted by Gasteiger charge is -2.39. The first-order valence-corrected chi connectivity index (χ1v) is 13.0. The predicted molar refractivity (Wildman–Crippen MR) is 125 cm³/mol. The number of piperazine rings is 1.